The van der Waals surface area contributed by atoms with Crippen molar-refractivity contribution >= 4 is 11.9 Å². The monoisotopic (exact) mass is 312 g/mol. The summed E-state index contributed by atoms with van der Waals surface area (Å²) in [5.74, 6) is -2.62. The molecule has 1 aromatic heterocycles. The number of halogens is 3. The summed E-state index contributed by atoms with van der Waals surface area (Å²) in [6, 6.07) is 0. The highest BCUT2D eigenvalue weighted by molar-refractivity contribution is 5.90. The van der Waals surface area contributed by atoms with Crippen LogP contribution in [0.5, 0.6) is 0 Å². The molecule has 21 heavy (non-hydrogen) atoms. The number of carbonyl (C=O) groups excluding carboxylic acids is 1. The maximum Gasteiger partial charge on any atom is 0.490 e. The highest BCUT2D eigenvalue weighted by Gasteiger charge is 2.38. The Kier molecular flexibility index (Phi) is 7.38. The SMILES string of the molecule is CCON(C)Cc1ncc(C(N)=O)[nH]1.O=C(O)C(F)(F)F. The second-order valence-electron chi connectivity index (χ2n) is 3.61. The summed E-state index contributed by atoms with van der Waals surface area (Å²) in [5, 5.41) is 8.75. The van der Waals surface area contributed by atoms with Crippen molar-refractivity contribution in [3.05, 3.63) is 17.7 Å². The van der Waals surface area contributed by atoms with Crippen molar-refractivity contribution in [3.8, 4) is 0 Å². The molecule has 0 aliphatic carbocycles. The molecule has 1 rings (SSSR count). The molecule has 0 saturated carbocycles. The molecule has 120 valence electrons. The van der Waals surface area contributed by atoms with Crippen molar-refractivity contribution in [3.63, 3.8) is 0 Å². The van der Waals surface area contributed by atoms with E-state index in [0.717, 1.165) is 0 Å². The Morgan fingerprint density at radius 3 is 2.38 bits per heavy atom. The van der Waals surface area contributed by atoms with Gasteiger partial charge in [0.25, 0.3) is 5.91 Å². The Bertz CT molecular complexity index is 475. The number of hydroxylamine groups is 2. The van der Waals surface area contributed by atoms with Crippen LogP contribution in [0.3, 0.4) is 0 Å². The highest BCUT2D eigenvalue weighted by Crippen LogP contribution is 2.13. The Balaban J connectivity index is 0.000000486. The second kappa shape index (κ2) is 8.21. The first-order valence-corrected chi connectivity index (χ1v) is 5.55. The molecule has 0 spiro atoms. The molecule has 0 fully saturated rings. The third kappa shape index (κ3) is 7.89. The number of nitrogens with zero attached hydrogens (tertiary/aromatic N) is 2. The minimum atomic E-state index is -5.08. The Hall–Kier alpha value is -2.14. The van der Waals surface area contributed by atoms with Crippen LogP contribution in [0.1, 0.15) is 23.2 Å². The number of carbonyl (C=O) groups is 2. The number of amides is 1. The van der Waals surface area contributed by atoms with E-state index in [9.17, 15) is 18.0 Å². The topological polar surface area (TPSA) is 122 Å². The quantitative estimate of drug-likeness (QED) is 0.682. The van der Waals surface area contributed by atoms with Crippen LogP contribution in [-0.4, -0.2) is 51.8 Å². The molecule has 4 N–H and O–H groups in total. The fourth-order valence-corrected chi connectivity index (χ4v) is 1.04. The van der Waals surface area contributed by atoms with E-state index in [1.807, 2.05) is 6.92 Å². The van der Waals surface area contributed by atoms with Gasteiger partial charge in [-0.15, -0.1) is 0 Å². The molecule has 0 aliphatic rings. The molecule has 8 nitrogen and oxygen atoms in total. The number of carboxylic acid groups (broad SMARTS) is 1. The van der Waals surface area contributed by atoms with Crippen LogP contribution in [0, 0.1) is 0 Å². The van der Waals surface area contributed by atoms with Gasteiger partial charge >= 0.3 is 12.1 Å². The van der Waals surface area contributed by atoms with Gasteiger partial charge in [-0.3, -0.25) is 9.63 Å². The molecule has 0 aliphatic heterocycles. The van der Waals surface area contributed by atoms with Crippen molar-refractivity contribution in [2.24, 2.45) is 5.73 Å². The first-order chi connectivity index (χ1) is 9.57. The van der Waals surface area contributed by atoms with Gasteiger partial charge in [0.2, 0.25) is 0 Å². The average Bonchev–Trinajstić information content (AvgIpc) is 2.77. The van der Waals surface area contributed by atoms with Gasteiger partial charge in [0.05, 0.1) is 19.3 Å². The van der Waals surface area contributed by atoms with E-state index in [0.29, 0.717) is 24.7 Å². The van der Waals surface area contributed by atoms with Crippen LogP contribution >= 0.6 is 0 Å². The lowest BCUT2D eigenvalue weighted by molar-refractivity contribution is -0.192. The van der Waals surface area contributed by atoms with Crippen LogP contribution < -0.4 is 5.73 Å². The number of carboxylic acids is 1. The molecule has 0 radical (unpaired) electrons. The standard InChI is InChI=1S/C8H14N4O2.C2HF3O2/c1-3-14-12(2)5-7-10-4-6(11-7)8(9)13;3-2(4,5)1(6)7/h4H,3,5H2,1-2H3,(H2,9,13)(H,10,11);(H,6,7). The summed E-state index contributed by atoms with van der Waals surface area (Å²) in [4.78, 5) is 31.6. The summed E-state index contributed by atoms with van der Waals surface area (Å²) in [7, 11) is 1.79. The van der Waals surface area contributed by atoms with Crippen molar-refractivity contribution in [2.45, 2.75) is 19.6 Å². The number of alkyl halides is 3. The minimum absolute atomic E-state index is 0.310. The van der Waals surface area contributed by atoms with Crippen LogP contribution in [0.15, 0.2) is 6.20 Å². The van der Waals surface area contributed by atoms with Gasteiger partial charge in [0.15, 0.2) is 0 Å². The van der Waals surface area contributed by atoms with Crippen molar-refractivity contribution < 1.29 is 32.7 Å². The number of imidazole rings is 1. The number of aromatic nitrogens is 2. The largest absolute Gasteiger partial charge is 0.490 e. The smallest absolute Gasteiger partial charge is 0.475 e. The van der Waals surface area contributed by atoms with Gasteiger partial charge in [-0.05, 0) is 6.92 Å². The van der Waals surface area contributed by atoms with E-state index in [1.165, 1.54) is 6.20 Å². The van der Waals surface area contributed by atoms with Gasteiger partial charge in [-0.1, -0.05) is 0 Å². The Morgan fingerprint density at radius 2 is 2.05 bits per heavy atom. The zero-order chi connectivity index (χ0) is 16.6. The van der Waals surface area contributed by atoms with E-state index in [4.69, 9.17) is 20.5 Å². The molecule has 0 bridgehead atoms. The highest BCUT2D eigenvalue weighted by atomic mass is 19.4. The molecule has 1 aromatic rings. The third-order valence-electron chi connectivity index (χ3n) is 1.86. The zero-order valence-corrected chi connectivity index (χ0v) is 11.3. The first kappa shape index (κ1) is 18.9. The molecule has 1 amide bonds. The lowest BCUT2D eigenvalue weighted by Gasteiger charge is -2.12. The number of hydrogen-bond acceptors (Lipinski definition) is 5. The number of nitrogens with one attached hydrogen (secondary N) is 1. The summed E-state index contributed by atoms with van der Waals surface area (Å²) >= 11 is 0. The maximum atomic E-state index is 10.7. The van der Waals surface area contributed by atoms with Crippen LogP contribution in [0.25, 0.3) is 0 Å². The first-order valence-electron chi connectivity index (χ1n) is 5.55. The Morgan fingerprint density at radius 1 is 1.52 bits per heavy atom. The number of primary amides is 1. The van der Waals surface area contributed by atoms with Crippen LogP contribution in [0.2, 0.25) is 0 Å². The number of hydrogen-bond donors (Lipinski definition) is 3. The van der Waals surface area contributed by atoms with Gasteiger partial charge in [0, 0.05) is 7.05 Å². The van der Waals surface area contributed by atoms with E-state index < -0.39 is 18.1 Å². The molecule has 0 saturated heterocycles. The summed E-state index contributed by atoms with van der Waals surface area (Å²) in [5.41, 5.74) is 5.37. The van der Waals surface area contributed by atoms with Crippen LogP contribution in [0.4, 0.5) is 13.2 Å². The van der Waals surface area contributed by atoms with Crippen molar-refractivity contribution in [2.75, 3.05) is 13.7 Å². The number of H-pyrrole nitrogens is 1. The van der Waals surface area contributed by atoms with Gasteiger partial charge in [0.1, 0.15) is 11.5 Å². The van der Waals surface area contributed by atoms with E-state index in [1.54, 1.807) is 12.1 Å². The average molecular weight is 312 g/mol. The minimum Gasteiger partial charge on any atom is -0.475 e. The number of rotatable bonds is 5. The molecule has 11 heteroatoms. The van der Waals surface area contributed by atoms with E-state index in [-0.39, 0.29) is 0 Å². The third-order valence-corrected chi connectivity index (χ3v) is 1.86. The van der Waals surface area contributed by atoms with E-state index in [2.05, 4.69) is 9.97 Å². The lowest BCUT2D eigenvalue weighted by atomic mass is 10.5. The van der Waals surface area contributed by atoms with Gasteiger partial charge < -0.3 is 15.8 Å². The van der Waals surface area contributed by atoms with Crippen molar-refractivity contribution in [1.29, 1.82) is 0 Å². The Labute approximate surface area is 117 Å². The zero-order valence-electron chi connectivity index (χ0n) is 11.3. The van der Waals surface area contributed by atoms with Crippen LogP contribution in [-0.2, 0) is 16.2 Å². The molecule has 0 unspecified atom stereocenters. The molecular formula is C10H15F3N4O4. The molecule has 0 atom stereocenters. The van der Waals surface area contributed by atoms with Gasteiger partial charge in [-0.25, -0.2) is 9.78 Å². The molecular weight excluding hydrogens is 297 g/mol. The number of nitrogens with two attached hydrogens (primary N) is 1. The maximum absolute atomic E-state index is 10.7. The lowest BCUT2D eigenvalue weighted by Crippen LogP contribution is -2.21. The molecule has 1 heterocycles. The second-order valence-corrected chi connectivity index (χ2v) is 3.61. The predicted octanol–water partition coefficient (Wildman–Crippen LogP) is 0.525. The van der Waals surface area contributed by atoms with Crippen molar-refractivity contribution in [1.82, 2.24) is 15.0 Å². The number of aromatic amines is 1. The normalized spacial score (nSPS) is 11.0. The summed E-state index contributed by atoms with van der Waals surface area (Å²) in [6.07, 6.45) is -3.67. The fraction of sp³-hybridized carbons (Fsp3) is 0.500. The summed E-state index contributed by atoms with van der Waals surface area (Å²) in [6.45, 7) is 2.98. The van der Waals surface area contributed by atoms with Gasteiger partial charge in [-0.2, -0.15) is 18.2 Å². The van der Waals surface area contributed by atoms with E-state index >= 15 is 0 Å². The summed E-state index contributed by atoms with van der Waals surface area (Å²) < 4.78 is 31.7. The fourth-order valence-electron chi connectivity index (χ4n) is 1.04. The number of aliphatic carboxylic acids is 1. The predicted molar refractivity (Wildman–Crippen MR) is 63.9 cm³/mol. The molecule has 0 aromatic carbocycles.